The zero-order valence-electron chi connectivity index (χ0n) is 15.6. The van der Waals surface area contributed by atoms with Crippen molar-refractivity contribution in [3.05, 3.63) is 29.8 Å². The van der Waals surface area contributed by atoms with E-state index in [1.54, 1.807) is 33.0 Å². The van der Waals surface area contributed by atoms with Crippen molar-refractivity contribution in [1.29, 1.82) is 5.26 Å². The maximum absolute atomic E-state index is 12.5. The van der Waals surface area contributed by atoms with Crippen molar-refractivity contribution in [1.82, 2.24) is 4.98 Å². The van der Waals surface area contributed by atoms with E-state index < -0.39 is 28.3 Å². The molecule has 0 spiro atoms. The second-order valence-corrected chi connectivity index (χ2v) is 8.36. The third kappa shape index (κ3) is 4.47. The largest absolute Gasteiger partial charge is 0.523 e. The molecule has 0 unspecified atom stereocenters. The van der Waals surface area contributed by atoms with Crippen LogP contribution in [0.5, 0.6) is 0 Å². The Labute approximate surface area is 166 Å². The average Bonchev–Trinajstić information content (AvgIpc) is 2.64. The molecule has 2 aromatic rings. The fraction of sp³-hybridized carbons (Fsp3) is 0.412. The smallest absolute Gasteiger partial charge is 0.369 e. The lowest BCUT2D eigenvalue weighted by molar-refractivity contribution is -0.0656. The van der Waals surface area contributed by atoms with Crippen LogP contribution in [0.15, 0.2) is 24.3 Å². The van der Waals surface area contributed by atoms with Crippen molar-refractivity contribution in [2.45, 2.75) is 24.6 Å². The van der Waals surface area contributed by atoms with Crippen LogP contribution in [0.1, 0.15) is 12.5 Å². The third-order valence-electron chi connectivity index (χ3n) is 4.45. The van der Waals surface area contributed by atoms with Crippen LogP contribution in [-0.2, 0) is 19.0 Å². The number of rotatable bonds is 4. The quantitative estimate of drug-likeness (QED) is 0.406. The lowest BCUT2D eigenvalue weighted by atomic mass is 10.00. The summed E-state index contributed by atoms with van der Waals surface area (Å²) in [6.07, 6.45) is -1.27. The van der Waals surface area contributed by atoms with Gasteiger partial charge in [-0.2, -0.15) is 26.9 Å². The van der Waals surface area contributed by atoms with Crippen molar-refractivity contribution >= 4 is 40.1 Å². The van der Waals surface area contributed by atoms with Gasteiger partial charge in [-0.25, -0.2) is 0 Å². The van der Waals surface area contributed by atoms with Crippen molar-refractivity contribution in [3.63, 3.8) is 0 Å². The van der Waals surface area contributed by atoms with Crippen molar-refractivity contribution < 1.29 is 30.5 Å². The van der Waals surface area contributed by atoms with E-state index in [2.05, 4.69) is 15.2 Å². The Morgan fingerprint density at radius 1 is 1.34 bits per heavy atom. The van der Waals surface area contributed by atoms with Gasteiger partial charge in [0.15, 0.2) is 7.85 Å². The van der Waals surface area contributed by atoms with Crippen LogP contribution in [-0.4, -0.2) is 58.7 Å². The summed E-state index contributed by atoms with van der Waals surface area (Å²) in [7, 11) is -3.89. The Hall–Kier alpha value is -2.36. The molecule has 2 heterocycles. The Balaban J connectivity index is 1.87. The van der Waals surface area contributed by atoms with Crippen LogP contribution in [0.4, 0.5) is 18.9 Å². The monoisotopic (exact) mass is 427 g/mol. The molecule has 0 amide bonds. The molecular formula is C17H17BF3N3O4S. The first-order valence-electron chi connectivity index (χ1n) is 8.68. The number of hydrogen-bond donors (Lipinski definition) is 0. The molecule has 1 aromatic heterocycles. The predicted molar refractivity (Wildman–Crippen MR) is 102 cm³/mol. The minimum Gasteiger partial charge on any atom is -0.369 e. The van der Waals surface area contributed by atoms with Crippen LogP contribution >= 0.6 is 0 Å². The number of pyridine rings is 1. The first-order chi connectivity index (χ1) is 13.5. The van der Waals surface area contributed by atoms with E-state index in [1.165, 1.54) is 0 Å². The summed E-state index contributed by atoms with van der Waals surface area (Å²) >= 11 is 0. The van der Waals surface area contributed by atoms with Gasteiger partial charge in [0.05, 0.1) is 23.8 Å². The minimum absolute atomic E-state index is 0.118. The van der Waals surface area contributed by atoms with Crippen LogP contribution in [0.25, 0.3) is 10.9 Å². The summed E-state index contributed by atoms with van der Waals surface area (Å²) in [5, 5.41) is 10.0. The van der Waals surface area contributed by atoms with Gasteiger partial charge in [0.25, 0.3) is 0 Å². The SMILES string of the molecule is Bc1ccc2c(N3C[C@H](COS(=O)(=O)C(F)(F)F)O[C@H](C)C3)ccc(C#N)c2n1. The zero-order valence-corrected chi connectivity index (χ0v) is 16.4. The van der Waals surface area contributed by atoms with E-state index in [9.17, 15) is 26.9 Å². The normalized spacial score (nSPS) is 20.6. The van der Waals surface area contributed by atoms with Gasteiger partial charge in [-0.1, -0.05) is 6.07 Å². The summed E-state index contributed by atoms with van der Waals surface area (Å²) in [6, 6.07) is 9.09. The van der Waals surface area contributed by atoms with E-state index in [0.29, 0.717) is 23.0 Å². The molecular weight excluding hydrogens is 410 g/mol. The fourth-order valence-corrected chi connectivity index (χ4v) is 3.70. The van der Waals surface area contributed by atoms with Crippen molar-refractivity contribution in [2.75, 3.05) is 24.6 Å². The maximum Gasteiger partial charge on any atom is 0.523 e. The van der Waals surface area contributed by atoms with Gasteiger partial charge in [0.1, 0.15) is 12.2 Å². The Bertz CT molecular complexity index is 1070. The van der Waals surface area contributed by atoms with Crippen molar-refractivity contribution in [3.8, 4) is 6.07 Å². The first-order valence-corrected chi connectivity index (χ1v) is 10.1. The molecule has 1 aliphatic heterocycles. The van der Waals surface area contributed by atoms with Crippen LogP contribution in [0, 0.1) is 11.3 Å². The third-order valence-corrected chi connectivity index (χ3v) is 5.47. The Kier molecular flexibility index (Phi) is 5.75. The van der Waals surface area contributed by atoms with Gasteiger partial charge in [-0.05, 0) is 30.7 Å². The Morgan fingerprint density at radius 2 is 2.07 bits per heavy atom. The molecule has 154 valence electrons. The number of morpholine rings is 1. The van der Waals surface area contributed by atoms with Crippen molar-refractivity contribution in [2.24, 2.45) is 0 Å². The molecule has 0 N–H and O–H groups in total. The molecule has 1 saturated heterocycles. The molecule has 1 fully saturated rings. The molecule has 7 nitrogen and oxygen atoms in total. The van der Waals surface area contributed by atoms with Crippen LogP contribution in [0.2, 0.25) is 0 Å². The summed E-state index contributed by atoms with van der Waals surface area (Å²) < 4.78 is 69.5. The number of nitriles is 1. The van der Waals surface area contributed by atoms with E-state index in [4.69, 9.17) is 4.74 Å². The van der Waals surface area contributed by atoms with E-state index in [1.807, 2.05) is 11.0 Å². The van der Waals surface area contributed by atoms with Gasteiger partial charge < -0.3 is 9.64 Å². The molecule has 3 rings (SSSR count). The maximum atomic E-state index is 12.5. The molecule has 1 aromatic carbocycles. The Morgan fingerprint density at radius 3 is 2.72 bits per heavy atom. The number of benzene rings is 1. The summed E-state index contributed by atoms with van der Waals surface area (Å²) in [4.78, 5) is 6.29. The highest BCUT2D eigenvalue weighted by Crippen LogP contribution is 2.30. The minimum atomic E-state index is -5.69. The van der Waals surface area contributed by atoms with Gasteiger partial charge in [0.2, 0.25) is 0 Å². The highest BCUT2D eigenvalue weighted by Gasteiger charge is 2.47. The van der Waals surface area contributed by atoms with Gasteiger partial charge in [-0.15, -0.1) is 0 Å². The highest BCUT2D eigenvalue weighted by molar-refractivity contribution is 7.87. The van der Waals surface area contributed by atoms with E-state index in [-0.39, 0.29) is 12.6 Å². The number of fused-ring (bicyclic) bond motifs is 1. The molecule has 0 bridgehead atoms. The molecule has 12 heteroatoms. The number of nitrogens with zero attached hydrogens (tertiary/aromatic N) is 3. The van der Waals surface area contributed by atoms with Gasteiger partial charge >= 0.3 is 15.6 Å². The fourth-order valence-electron chi connectivity index (χ4n) is 3.23. The number of hydrogen-bond acceptors (Lipinski definition) is 7. The topological polar surface area (TPSA) is 92.5 Å². The average molecular weight is 427 g/mol. The number of anilines is 1. The highest BCUT2D eigenvalue weighted by atomic mass is 32.2. The first kappa shape index (κ1) is 21.4. The molecule has 0 aliphatic carbocycles. The summed E-state index contributed by atoms with van der Waals surface area (Å²) in [5.41, 5.74) is -3.09. The lowest BCUT2D eigenvalue weighted by Crippen LogP contribution is -2.49. The number of alkyl halides is 3. The number of halogens is 3. The second kappa shape index (κ2) is 7.81. The van der Waals surface area contributed by atoms with Crippen LogP contribution < -0.4 is 10.5 Å². The van der Waals surface area contributed by atoms with E-state index in [0.717, 1.165) is 11.3 Å². The van der Waals surface area contributed by atoms with Gasteiger partial charge in [-0.3, -0.25) is 9.17 Å². The van der Waals surface area contributed by atoms with Crippen LogP contribution in [0.3, 0.4) is 0 Å². The number of ether oxygens (including phenoxy) is 1. The molecule has 2 atom stereocenters. The summed E-state index contributed by atoms with van der Waals surface area (Å²) in [5.74, 6) is 0. The molecule has 0 radical (unpaired) electrons. The predicted octanol–water partition coefficient (Wildman–Crippen LogP) is 0.825. The molecule has 0 saturated carbocycles. The molecule has 29 heavy (non-hydrogen) atoms. The zero-order chi connectivity index (χ0) is 21.4. The number of aromatic nitrogens is 1. The van der Waals surface area contributed by atoms with Gasteiger partial charge in [0, 0.05) is 24.2 Å². The lowest BCUT2D eigenvalue weighted by Gasteiger charge is -2.38. The summed E-state index contributed by atoms with van der Waals surface area (Å²) in [6.45, 7) is 1.52. The standard InChI is InChI=1S/C17H17BF3N3O4S/c1-10-7-24(8-12(28-10)9-27-29(25,26)17(19,20)21)14-4-2-11(6-22)16-13(14)3-5-15(18)23-16/h2-5,10,12H,7-9,18H2,1H3/t10-,12-/m1/s1. The van der Waals surface area contributed by atoms with E-state index >= 15 is 0 Å². The second-order valence-electron chi connectivity index (χ2n) is 6.75. The molecule has 1 aliphatic rings.